The molecule has 3 fully saturated rings. The molecule has 1 saturated heterocycles. The fraction of sp³-hybridized carbons (Fsp3) is 0.536. The largest absolute Gasteiger partial charge is 0.504 e. The predicted octanol–water partition coefficient (Wildman–Crippen LogP) is 3.29. The van der Waals surface area contributed by atoms with Crippen LogP contribution in [0.5, 0.6) is 11.5 Å². The van der Waals surface area contributed by atoms with Crippen molar-refractivity contribution in [2.24, 2.45) is 5.92 Å². The number of hydrogen-bond acceptors (Lipinski definition) is 5. The summed E-state index contributed by atoms with van der Waals surface area (Å²) in [6, 6.07) is 11.6. The van der Waals surface area contributed by atoms with Crippen LogP contribution in [0.3, 0.4) is 0 Å². The number of likely N-dealkylation sites (tertiary alicyclic amines) is 1. The van der Waals surface area contributed by atoms with Gasteiger partial charge in [0.1, 0.15) is 6.10 Å². The van der Waals surface area contributed by atoms with E-state index in [1.54, 1.807) is 6.07 Å². The van der Waals surface area contributed by atoms with Gasteiger partial charge in [-0.05, 0) is 103 Å². The third-order valence-electron chi connectivity index (χ3n) is 9.36. The first-order chi connectivity index (χ1) is 16.9. The summed E-state index contributed by atoms with van der Waals surface area (Å²) in [6.07, 6.45) is 5.38. The minimum absolute atomic E-state index is 0.0265. The molecule has 1 amide bonds. The Morgan fingerprint density at radius 1 is 1.20 bits per heavy atom. The number of aliphatic hydroxyl groups is 1. The Kier molecular flexibility index (Phi) is 5.00. The molecule has 5 aliphatic rings. The zero-order valence-electron chi connectivity index (χ0n) is 19.7. The lowest BCUT2D eigenvalue weighted by molar-refractivity contribution is -0.192. The van der Waals surface area contributed by atoms with Crippen LogP contribution in [-0.4, -0.2) is 57.9 Å². The Morgan fingerprint density at radius 2 is 2.06 bits per heavy atom. The van der Waals surface area contributed by atoms with Crippen LogP contribution in [0.4, 0.5) is 0 Å². The summed E-state index contributed by atoms with van der Waals surface area (Å²) in [5.41, 5.74) is 1.65. The summed E-state index contributed by atoms with van der Waals surface area (Å²) in [4.78, 5) is 15.7. The van der Waals surface area contributed by atoms with Crippen molar-refractivity contribution >= 4 is 28.5 Å². The van der Waals surface area contributed by atoms with Crippen LogP contribution >= 0.6 is 22.6 Å². The number of hydrogen-bond donors (Lipinski definition) is 3. The Bertz CT molecular complexity index is 1220. The lowest BCUT2D eigenvalue weighted by Gasteiger charge is -2.64. The van der Waals surface area contributed by atoms with Crippen molar-refractivity contribution < 1.29 is 19.7 Å². The molecule has 2 aromatic carbocycles. The van der Waals surface area contributed by atoms with Gasteiger partial charge in [-0.1, -0.05) is 18.2 Å². The number of piperidine rings is 1. The number of nitrogens with zero attached hydrogens (tertiary/aromatic N) is 1. The topological polar surface area (TPSA) is 82.0 Å². The molecular formula is C28H31IN2O4. The number of carbonyl (C=O) groups excluding carboxylic acids is 1. The van der Waals surface area contributed by atoms with Crippen molar-refractivity contribution in [3.05, 3.63) is 56.7 Å². The molecule has 2 heterocycles. The number of rotatable bonds is 5. The van der Waals surface area contributed by atoms with E-state index in [1.807, 2.05) is 30.3 Å². The summed E-state index contributed by atoms with van der Waals surface area (Å²) < 4.78 is 7.65. The molecule has 0 aromatic heterocycles. The standard InChI is InChI=1S/C28H31IN2O4/c29-19-3-1-2-17(12-19)13-23(33)30-20-8-9-28(34)22-14-18-6-7-21(32)25-24(18)27(28,26(20)35-25)10-11-31(22)15-16-4-5-16/h1-3,6-7,12,16,20,22,26,32,34H,4-5,8-11,13-15H2,(H,30,33)/t20-,22?,26?,27?,28-/m1/s1. The van der Waals surface area contributed by atoms with Crippen molar-refractivity contribution in [3.8, 4) is 11.5 Å². The van der Waals surface area contributed by atoms with Crippen LogP contribution in [0.15, 0.2) is 36.4 Å². The first-order valence-electron chi connectivity index (χ1n) is 12.9. The summed E-state index contributed by atoms with van der Waals surface area (Å²) in [5.74, 6) is 1.40. The summed E-state index contributed by atoms with van der Waals surface area (Å²) >= 11 is 2.26. The van der Waals surface area contributed by atoms with Gasteiger partial charge in [0.15, 0.2) is 11.5 Å². The zero-order chi connectivity index (χ0) is 23.9. The second-order valence-electron chi connectivity index (χ2n) is 11.3. The van der Waals surface area contributed by atoms with E-state index < -0.39 is 11.0 Å². The normalized spacial score (nSPS) is 34.7. The molecule has 6 nitrogen and oxygen atoms in total. The number of ether oxygens (including phenoxy) is 1. The van der Waals surface area contributed by atoms with Gasteiger partial charge in [-0.3, -0.25) is 9.69 Å². The maximum absolute atomic E-state index is 13.1. The van der Waals surface area contributed by atoms with Gasteiger partial charge in [-0.25, -0.2) is 0 Å². The van der Waals surface area contributed by atoms with E-state index in [2.05, 4.69) is 32.8 Å². The predicted molar refractivity (Wildman–Crippen MR) is 140 cm³/mol. The number of amides is 1. The monoisotopic (exact) mass is 586 g/mol. The van der Waals surface area contributed by atoms with Crippen molar-refractivity contribution in [3.63, 3.8) is 0 Å². The molecule has 2 aliphatic heterocycles. The van der Waals surface area contributed by atoms with Gasteiger partial charge in [-0.2, -0.15) is 0 Å². The van der Waals surface area contributed by atoms with Gasteiger partial charge in [0.2, 0.25) is 5.91 Å². The van der Waals surface area contributed by atoms with Gasteiger partial charge in [0.05, 0.1) is 23.5 Å². The van der Waals surface area contributed by atoms with Gasteiger partial charge in [-0.15, -0.1) is 0 Å². The maximum Gasteiger partial charge on any atom is 0.224 e. The first-order valence-corrected chi connectivity index (χ1v) is 14.0. The highest BCUT2D eigenvalue weighted by Crippen LogP contribution is 2.65. The van der Waals surface area contributed by atoms with Crippen molar-refractivity contribution in [1.82, 2.24) is 10.2 Å². The number of benzene rings is 2. The molecule has 2 bridgehead atoms. The van der Waals surface area contributed by atoms with E-state index in [9.17, 15) is 15.0 Å². The van der Waals surface area contributed by atoms with Gasteiger partial charge in [0, 0.05) is 21.7 Å². The van der Waals surface area contributed by atoms with E-state index >= 15 is 0 Å². The molecule has 1 spiro atoms. The van der Waals surface area contributed by atoms with E-state index in [1.165, 1.54) is 18.4 Å². The van der Waals surface area contributed by atoms with Crippen molar-refractivity contribution in [2.75, 3.05) is 13.1 Å². The molecule has 2 saturated carbocycles. The molecular weight excluding hydrogens is 555 g/mol. The van der Waals surface area contributed by atoms with Gasteiger partial charge in [0.25, 0.3) is 0 Å². The van der Waals surface area contributed by atoms with E-state index in [4.69, 9.17) is 4.74 Å². The molecule has 35 heavy (non-hydrogen) atoms. The van der Waals surface area contributed by atoms with E-state index in [0.29, 0.717) is 25.0 Å². The van der Waals surface area contributed by atoms with E-state index in [-0.39, 0.29) is 29.8 Å². The minimum Gasteiger partial charge on any atom is -0.504 e. The molecule has 184 valence electrons. The Labute approximate surface area is 219 Å². The molecule has 3 N–H and O–H groups in total. The van der Waals surface area contributed by atoms with Crippen LogP contribution in [-0.2, 0) is 23.1 Å². The van der Waals surface area contributed by atoms with E-state index in [0.717, 1.165) is 46.5 Å². The van der Waals surface area contributed by atoms with Gasteiger partial charge < -0.3 is 20.3 Å². The molecule has 2 aromatic rings. The SMILES string of the molecule is O=C(Cc1cccc(I)c1)N[C@@H]1CC[C@@]2(O)C3Cc4ccc(O)c5c4C2(CCN3CC2CC2)C1O5. The zero-order valence-corrected chi connectivity index (χ0v) is 21.8. The third-order valence-corrected chi connectivity index (χ3v) is 10.0. The fourth-order valence-electron chi connectivity index (χ4n) is 7.72. The second kappa shape index (κ2) is 7.83. The first kappa shape index (κ1) is 22.4. The summed E-state index contributed by atoms with van der Waals surface area (Å²) in [6.45, 7) is 1.98. The van der Waals surface area contributed by atoms with Crippen LogP contribution in [0, 0.1) is 9.49 Å². The number of nitrogens with one attached hydrogen (secondary N) is 1. The fourth-order valence-corrected chi connectivity index (χ4v) is 8.33. The quantitative estimate of drug-likeness (QED) is 0.469. The molecule has 7 heteroatoms. The van der Waals surface area contributed by atoms with Crippen LogP contribution < -0.4 is 10.1 Å². The van der Waals surface area contributed by atoms with Gasteiger partial charge >= 0.3 is 0 Å². The third kappa shape index (κ3) is 3.23. The Hall–Kier alpha value is -1.84. The van der Waals surface area contributed by atoms with Crippen LogP contribution in [0.2, 0.25) is 0 Å². The lowest BCUT2D eigenvalue weighted by atomic mass is 9.48. The minimum atomic E-state index is -0.923. The molecule has 0 radical (unpaired) electrons. The number of phenols is 1. The van der Waals surface area contributed by atoms with Crippen molar-refractivity contribution in [1.29, 1.82) is 0 Å². The number of phenolic OH excluding ortho intramolecular Hbond substituents is 1. The molecule has 3 aliphatic carbocycles. The highest BCUT2D eigenvalue weighted by Gasteiger charge is 2.73. The Morgan fingerprint density at radius 3 is 2.86 bits per heavy atom. The highest BCUT2D eigenvalue weighted by molar-refractivity contribution is 14.1. The average molecular weight is 586 g/mol. The maximum atomic E-state index is 13.1. The number of halogens is 1. The number of carbonyl (C=O) groups is 1. The Balaban J connectivity index is 1.24. The van der Waals surface area contributed by atoms with Crippen LogP contribution in [0.25, 0.3) is 0 Å². The molecule has 7 rings (SSSR count). The van der Waals surface area contributed by atoms with Crippen LogP contribution in [0.1, 0.15) is 48.8 Å². The smallest absolute Gasteiger partial charge is 0.224 e. The second-order valence-corrected chi connectivity index (χ2v) is 12.6. The molecule has 5 atom stereocenters. The highest BCUT2D eigenvalue weighted by atomic mass is 127. The summed E-state index contributed by atoms with van der Waals surface area (Å²) in [7, 11) is 0. The lowest BCUT2D eigenvalue weighted by Crippen LogP contribution is -2.78. The average Bonchev–Trinajstić information content (AvgIpc) is 3.56. The number of aromatic hydroxyl groups is 1. The van der Waals surface area contributed by atoms with Crippen molar-refractivity contribution in [2.45, 2.75) is 74.1 Å². The molecule has 3 unspecified atom stereocenters. The summed E-state index contributed by atoms with van der Waals surface area (Å²) in [5, 5.41) is 26.5.